The van der Waals surface area contributed by atoms with Gasteiger partial charge in [-0.05, 0) is 32.6 Å². The second kappa shape index (κ2) is 4.96. The van der Waals surface area contributed by atoms with Crippen molar-refractivity contribution < 1.29 is 24.3 Å². The Bertz CT molecular complexity index is 382. The molecule has 2 aliphatic rings. The molecule has 1 spiro atoms. The molecule has 1 saturated carbocycles. The number of hydrogen-bond donors (Lipinski definition) is 1. The van der Waals surface area contributed by atoms with Crippen LogP contribution in [0.3, 0.4) is 0 Å². The van der Waals surface area contributed by atoms with Crippen LogP contribution in [0.5, 0.6) is 0 Å². The normalized spacial score (nSPS) is 30.7. The monoisotopic (exact) mass is 255 g/mol. The first kappa shape index (κ1) is 12.9. The maximum absolute atomic E-state index is 11.5. The number of esters is 1. The van der Waals surface area contributed by atoms with Crippen LogP contribution in [0.2, 0.25) is 0 Å². The predicted molar refractivity (Wildman–Crippen MR) is 62.1 cm³/mol. The number of carbonyl (C=O) groups excluding carboxylic acids is 1. The average Bonchev–Trinajstić information content (AvgIpc) is 2.74. The quantitative estimate of drug-likeness (QED) is 0.769. The molecule has 0 bridgehead atoms. The van der Waals surface area contributed by atoms with Gasteiger partial charge in [0.05, 0.1) is 12.5 Å². The van der Waals surface area contributed by atoms with Gasteiger partial charge >= 0.3 is 11.9 Å². The van der Waals surface area contributed by atoms with Crippen LogP contribution in [0, 0.1) is 5.92 Å². The Balaban J connectivity index is 1.91. The number of oxime groups is 1. The minimum absolute atomic E-state index is 0.300. The summed E-state index contributed by atoms with van der Waals surface area (Å²) in [6.45, 7) is 2.05. The van der Waals surface area contributed by atoms with Crippen molar-refractivity contribution in [1.82, 2.24) is 0 Å². The van der Waals surface area contributed by atoms with Gasteiger partial charge in [0, 0.05) is 6.42 Å². The lowest BCUT2D eigenvalue weighted by molar-refractivity contribution is -0.145. The molecule has 0 aromatic carbocycles. The van der Waals surface area contributed by atoms with Crippen LogP contribution in [-0.2, 0) is 19.2 Å². The zero-order valence-electron chi connectivity index (χ0n) is 10.3. The number of carboxylic acid groups (broad SMARTS) is 1. The van der Waals surface area contributed by atoms with Crippen molar-refractivity contribution in [3.63, 3.8) is 0 Å². The van der Waals surface area contributed by atoms with Crippen LogP contribution < -0.4 is 0 Å². The number of aliphatic carboxylic acids is 1. The van der Waals surface area contributed by atoms with Gasteiger partial charge in [-0.2, -0.15) is 0 Å². The number of carbonyl (C=O) groups is 2. The Morgan fingerprint density at radius 2 is 2.17 bits per heavy atom. The molecule has 6 nitrogen and oxygen atoms in total. The molecule has 0 atom stereocenters. The van der Waals surface area contributed by atoms with Crippen molar-refractivity contribution >= 4 is 17.7 Å². The number of hydrogen-bond acceptors (Lipinski definition) is 5. The Labute approximate surface area is 105 Å². The highest BCUT2D eigenvalue weighted by atomic mass is 16.7. The maximum Gasteiger partial charge on any atom is 0.356 e. The molecule has 1 aliphatic heterocycles. The molecule has 1 N–H and O–H groups in total. The first-order valence-electron chi connectivity index (χ1n) is 6.21. The third-order valence-corrected chi connectivity index (χ3v) is 3.60. The van der Waals surface area contributed by atoms with Crippen molar-refractivity contribution in [1.29, 1.82) is 0 Å². The fourth-order valence-electron chi connectivity index (χ4n) is 2.50. The van der Waals surface area contributed by atoms with E-state index in [1.54, 1.807) is 6.92 Å². The molecule has 0 radical (unpaired) electrons. The van der Waals surface area contributed by atoms with E-state index in [-0.39, 0.29) is 5.92 Å². The fourth-order valence-corrected chi connectivity index (χ4v) is 2.50. The number of nitrogens with zero attached hydrogens (tertiary/aromatic N) is 1. The minimum atomic E-state index is -0.755. The lowest BCUT2D eigenvalue weighted by atomic mass is 9.76. The third-order valence-electron chi connectivity index (χ3n) is 3.60. The van der Waals surface area contributed by atoms with Crippen LogP contribution in [0.15, 0.2) is 5.16 Å². The molecule has 100 valence electrons. The van der Waals surface area contributed by atoms with Crippen LogP contribution in [0.1, 0.15) is 39.0 Å². The maximum atomic E-state index is 11.5. The smallest absolute Gasteiger partial charge is 0.356 e. The molecule has 18 heavy (non-hydrogen) atoms. The Kier molecular flexibility index (Phi) is 3.54. The Morgan fingerprint density at radius 1 is 1.50 bits per heavy atom. The van der Waals surface area contributed by atoms with Gasteiger partial charge in [-0.15, -0.1) is 0 Å². The topological polar surface area (TPSA) is 85.2 Å². The summed E-state index contributed by atoms with van der Waals surface area (Å²) in [4.78, 5) is 27.8. The molecule has 0 aromatic heterocycles. The number of ether oxygens (including phenoxy) is 1. The van der Waals surface area contributed by atoms with Crippen LogP contribution >= 0.6 is 0 Å². The summed E-state index contributed by atoms with van der Waals surface area (Å²) in [5.74, 6) is -1.49. The predicted octanol–water partition coefficient (Wildman–Crippen LogP) is 1.34. The summed E-state index contributed by atoms with van der Waals surface area (Å²) in [6.07, 6.45) is 2.81. The van der Waals surface area contributed by atoms with E-state index in [2.05, 4.69) is 5.16 Å². The van der Waals surface area contributed by atoms with E-state index in [1.807, 2.05) is 0 Å². The lowest BCUT2D eigenvalue weighted by Gasteiger charge is -2.33. The summed E-state index contributed by atoms with van der Waals surface area (Å²) in [7, 11) is 0. The van der Waals surface area contributed by atoms with Gasteiger partial charge in [-0.25, -0.2) is 4.79 Å². The zero-order chi connectivity index (χ0) is 13.2. The van der Waals surface area contributed by atoms with Gasteiger partial charge in [0.25, 0.3) is 0 Å². The molecular formula is C12H17NO5. The highest BCUT2D eigenvalue weighted by molar-refractivity contribution is 6.36. The molecule has 6 heteroatoms. The van der Waals surface area contributed by atoms with Crippen molar-refractivity contribution in [2.24, 2.45) is 11.1 Å². The van der Waals surface area contributed by atoms with Crippen molar-refractivity contribution in [3.8, 4) is 0 Å². The van der Waals surface area contributed by atoms with Gasteiger partial charge in [0.2, 0.25) is 0 Å². The zero-order valence-corrected chi connectivity index (χ0v) is 10.3. The van der Waals surface area contributed by atoms with E-state index in [0.29, 0.717) is 44.4 Å². The van der Waals surface area contributed by atoms with Crippen LogP contribution in [-0.4, -0.2) is 35.0 Å². The van der Waals surface area contributed by atoms with E-state index in [9.17, 15) is 9.59 Å². The van der Waals surface area contributed by atoms with E-state index < -0.39 is 17.5 Å². The standard InChI is InChI=1S/C12H17NO5/c1-2-17-11(16)9-7-12(18-13-9)5-3-8(4-6-12)10(14)15/h8H,2-7H2,1H3,(H,14,15). The highest BCUT2D eigenvalue weighted by Crippen LogP contribution is 2.40. The number of rotatable bonds is 3. The van der Waals surface area contributed by atoms with Gasteiger partial charge in [0.1, 0.15) is 5.60 Å². The molecule has 0 amide bonds. The summed E-state index contributed by atoms with van der Waals surface area (Å²) in [6, 6.07) is 0. The van der Waals surface area contributed by atoms with E-state index in [1.165, 1.54) is 0 Å². The first-order valence-corrected chi connectivity index (χ1v) is 6.21. The van der Waals surface area contributed by atoms with E-state index in [4.69, 9.17) is 14.7 Å². The summed E-state index contributed by atoms with van der Waals surface area (Å²) in [5, 5.41) is 12.7. The van der Waals surface area contributed by atoms with Crippen molar-refractivity contribution in [2.75, 3.05) is 6.61 Å². The van der Waals surface area contributed by atoms with E-state index in [0.717, 1.165) is 0 Å². The summed E-state index contributed by atoms with van der Waals surface area (Å²) in [5.41, 5.74) is -0.167. The molecule has 1 fully saturated rings. The van der Waals surface area contributed by atoms with Crippen molar-refractivity contribution in [2.45, 2.75) is 44.6 Å². The average molecular weight is 255 g/mol. The Morgan fingerprint density at radius 3 is 2.72 bits per heavy atom. The lowest BCUT2D eigenvalue weighted by Crippen LogP contribution is -2.37. The van der Waals surface area contributed by atoms with Crippen molar-refractivity contribution in [3.05, 3.63) is 0 Å². The molecular weight excluding hydrogens is 238 g/mol. The van der Waals surface area contributed by atoms with E-state index >= 15 is 0 Å². The van der Waals surface area contributed by atoms with Crippen LogP contribution in [0.25, 0.3) is 0 Å². The fraction of sp³-hybridized carbons (Fsp3) is 0.750. The first-order chi connectivity index (χ1) is 8.56. The summed E-state index contributed by atoms with van der Waals surface area (Å²) < 4.78 is 4.88. The molecule has 1 aliphatic carbocycles. The van der Waals surface area contributed by atoms with Crippen LogP contribution in [0.4, 0.5) is 0 Å². The second-order valence-electron chi connectivity index (χ2n) is 4.82. The molecule has 2 rings (SSSR count). The molecule has 0 aromatic rings. The minimum Gasteiger partial charge on any atom is -0.481 e. The van der Waals surface area contributed by atoms with Gasteiger partial charge in [-0.3, -0.25) is 4.79 Å². The third kappa shape index (κ3) is 2.47. The molecule has 1 heterocycles. The molecule has 0 unspecified atom stereocenters. The largest absolute Gasteiger partial charge is 0.481 e. The van der Waals surface area contributed by atoms with Gasteiger partial charge < -0.3 is 14.7 Å². The SMILES string of the molecule is CCOC(=O)C1=NOC2(CCC(C(=O)O)CC2)C1. The van der Waals surface area contributed by atoms with Gasteiger partial charge in [0.15, 0.2) is 5.71 Å². The van der Waals surface area contributed by atoms with Gasteiger partial charge in [-0.1, -0.05) is 5.16 Å². The Hall–Kier alpha value is -1.59. The highest BCUT2D eigenvalue weighted by Gasteiger charge is 2.45. The second-order valence-corrected chi connectivity index (χ2v) is 4.82. The number of carboxylic acids is 1. The molecule has 0 saturated heterocycles. The summed E-state index contributed by atoms with van der Waals surface area (Å²) >= 11 is 0.